The van der Waals surface area contributed by atoms with Gasteiger partial charge in [-0.2, -0.15) is 0 Å². The van der Waals surface area contributed by atoms with Crippen LogP contribution in [0.15, 0.2) is 39.7 Å². The highest BCUT2D eigenvalue weighted by atomic mass is 79.9. The summed E-state index contributed by atoms with van der Waals surface area (Å²) in [6, 6.07) is 3.66. The molecule has 0 spiro atoms. The minimum absolute atomic E-state index is 0.433. The Morgan fingerprint density at radius 2 is 2.25 bits per heavy atom. The summed E-state index contributed by atoms with van der Waals surface area (Å²) in [4.78, 5) is 4.27. The Balaban J connectivity index is 2.29. The molecule has 2 N–H and O–H groups in total. The zero-order chi connectivity index (χ0) is 11.1. The lowest BCUT2D eigenvalue weighted by Crippen LogP contribution is -1.99. The first-order valence-electron chi connectivity index (χ1n) is 4.59. The van der Waals surface area contributed by atoms with E-state index in [-0.39, 0.29) is 0 Å². The number of fused-ring (bicyclic) bond motifs is 1. The van der Waals surface area contributed by atoms with Crippen molar-refractivity contribution < 1.29 is 4.42 Å². The molecule has 5 nitrogen and oxygen atoms in total. The smallest absolute Gasteiger partial charge is 0.164 e. The number of nitrogens with zero attached hydrogens (tertiary/aromatic N) is 3. The molecule has 0 unspecified atom stereocenters. The monoisotopic (exact) mass is 278 g/mol. The van der Waals surface area contributed by atoms with E-state index in [1.807, 2.05) is 6.07 Å². The number of aromatic nitrogens is 3. The SMILES string of the molecule is Nc1nn(-c2nccc3occc23)cc1Br. The van der Waals surface area contributed by atoms with Crippen LogP contribution < -0.4 is 5.73 Å². The second kappa shape index (κ2) is 3.34. The van der Waals surface area contributed by atoms with Gasteiger partial charge in [-0.25, -0.2) is 9.67 Å². The molecule has 0 atom stereocenters. The van der Waals surface area contributed by atoms with Crippen LogP contribution in [0, 0.1) is 0 Å². The standard InChI is InChI=1S/C10H7BrN4O/c11-7-5-15(14-9(7)12)10-6-2-4-16-8(6)1-3-13-10/h1-5H,(H2,12,14). The van der Waals surface area contributed by atoms with Crippen LogP contribution >= 0.6 is 15.9 Å². The van der Waals surface area contributed by atoms with E-state index in [4.69, 9.17) is 10.2 Å². The van der Waals surface area contributed by atoms with Gasteiger partial charge in [0.2, 0.25) is 0 Å². The van der Waals surface area contributed by atoms with Crippen molar-refractivity contribution in [2.45, 2.75) is 0 Å². The molecule has 0 radical (unpaired) electrons. The largest absolute Gasteiger partial charge is 0.464 e. The van der Waals surface area contributed by atoms with Gasteiger partial charge >= 0.3 is 0 Å². The van der Waals surface area contributed by atoms with Gasteiger partial charge in [-0.1, -0.05) is 0 Å². The van der Waals surface area contributed by atoms with Crippen LogP contribution in [0.3, 0.4) is 0 Å². The molecule has 80 valence electrons. The van der Waals surface area contributed by atoms with E-state index in [0.717, 1.165) is 15.4 Å². The van der Waals surface area contributed by atoms with Crippen LogP contribution in [0.2, 0.25) is 0 Å². The first-order valence-corrected chi connectivity index (χ1v) is 5.38. The first-order chi connectivity index (χ1) is 7.75. The molecular formula is C10H7BrN4O. The zero-order valence-corrected chi connectivity index (χ0v) is 9.68. The van der Waals surface area contributed by atoms with E-state index < -0.39 is 0 Å². The number of nitrogens with two attached hydrogens (primary N) is 1. The average Bonchev–Trinajstić information content (AvgIpc) is 2.85. The van der Waals surface area contributed by atoms with Crippen molar-refractivity contribution in [3.8, 4) is 5.82 Å². The summed E-state index contributed by atoms with van der Waals surface area (Å²) in [6.45, 7) is 0. The van der Waals surface area contributed by atoms with Gasteiger partial charge in [-0.05, 0) is 28.1 Å². The van der Waals surface area contributed by atoms with Gasteiger partial charge in [0.05, 0.1) is 16.1 Å². The number of anilines is 1. The van der Waals surface area contributed by atoms with Crippen molar-refractivity contribution in [1.82, 2.24) is 14.8 Å². The summed E-state index contributed by atoms with van der Waals surface area (Å²) >= 11 is 3.31. The number of furan rings is 1. The number of halogens is 1. The molecule has 16 heavy (non-hydrogen) atoms. The summed E-state index contributed by atoms with van der Waals surface area (Å²) in [5, 5.41) is 5.05. The maximum absolute atomic E-state index is 5.67. The lowest BCUT2D eigenvalue weighted by atomic mass is 10.3. The minimum Gasteiger partial charge on any atom is -0.464 e. The minimum atomic E-state index is 0.433. The van der Waals surface area contributed by atoms with E-state index in [2.05, 4.69) is 26.0 Å². The summed E-state index contributed by atoms with van der Waals surface area (Å²) < 4.78 is 7.66. The van der Waals surface area contributed by atoms with Crippen molar-refractivity contribution in [3.63, 3.8) is 0 Å². The van der Waals surface area contributed by atoms with Crippen LogP contribution in [0.4, 0.5) is 5.82 Å². The second-order valence-electron chi connectivity index (χ2n) is 3.27. The van der Waals surface area contributed by atoms with Gasteiger partial charge in [0.1, 0.15) is 5.58 Å². The van der Waals surface area contributed by atoms with Gasteiger partial charge in [0.15, 0.2) is 11.6 Å². The Morgan fingerprint density at radius 1 is 1.38 bits per heavy atom. The average molecular weight is 279 g/mol. The molecule has 0 bridgehead atoms. The lowest BCUT2D eigenvalue weighted by Gasteiger charge is -2.00. The molecule has 0 aromatic carbocycles. The molecular weight excluding hydrogens is 272 g/mol. The molecule has 0 aliphatic rings. The molecule has 3 rings (SSSR count). The van der Waals surface area contributed by atoms with E-state index in [1.165, 1.54) is 0 Å². The number of nitrogen functional groups attached to an aromatic ring is 1. The van der Waals surface area contributed by atoms with E-state index >= 15 is 0 Å². The maximum Gasteiger partial charge on any atom is 0.164 e. The van der Waals surface area contributed by atoms with Crippen LogP contribution in [0.5, 0.6) is 0 Å². The third kappa shape index (κ3) is 1.30. The number of rotatable bonds is 1. The Bertz CT molecular complexity index is 638. The molecule has 0 saturated heterocycles. The van der Waals surface area contributed by atoms with Crippen molar-refractivity contribution in [1.29, 1.82) is 0 Å². The predicted molar refractivity (Wildman–Crippen MR) is 63.2 cm³/mol. The Labute approximate surface area is 99.0 Å². The van der Waals surface area contributed by atoms with Gasteiger partial charge in [0.25, 0.3) is 0 Å². The van der Waals surface area contributed by atoms with Crippen molar-refractivity contribution in [3.05, 3.63) is 35.3 Å². The van der Waals surface area contributed by atoms with E-state index in [9.17, 15) is 0 Å². The van der Waals surface area contributed by atoms with Crippen LogP contribution in [0.1, 0.15) is 0 Å². The zero-order valence-electron chi connectivity index (χ0n) is 8.09. The summed E-state index contributed by atoms with van der Waals surface area (Å²) in [5.74, 6) is 1.13. The molecule has 6 heteroatoms. The van der Waals surface area contributed by atoms with Crippen LogP contribution in [-0.2, 0) is 0 Å². The molecule has 3 aromatic heterocycles. The van der Waals surface area contributed by atoms with Gasteiger partial charge in [-0.3, -0.25) is 0 Å². The van der Waals surface area contributed by atoms with Crippen LogP contribution in [0.25, 0.3) is 16.8 Å². The highest BCUT2D eigenvalue weighted by molar-refractivity contribution is 9.10. The second-order valence-corrected chi connectivity index (χ2v) is 4.13. The molecule has 3 aromatic rings. The maximum atomic E-state index is 5.67. The molecule has 0 aliphatic heterocycles. The number of pyridine rings is 1. The van der Waals surface area contributed by atoms with Crippen LogP contribution in [-0.4, -0.2) is 14.8 Å². The fourth-order valence-electron chi connectivity index (χ4n) is 1.54. The highest BCUT2D eigenvalue weighted by Gasteiger charge is 2.10. The van der Waals surface area contributed by atoms with Gasteiger partial charge in [0, 0.05) is 12.4 Å². The van der Waals surface area contributed by atoms with Crippen molar-refractivity contribution >= 4 is 32.7 Å². The normalized spacial score (nSPS) is 11.1. The predicted octanol–water partition coefficient (Wildman–Crippen LogP) is 2.36. The van der Waals surface area contributed by atoms with Crippen molar-refractivity contribution in [2.75, 3.05) is 5.73 Å². The molecule has 0 saturated carbocycles. The molecule has 3 heterocycles. The van der Waals surface area contributed by atoms with E-state index in [1.54, 1.807) is 29.4 Å². The Kier molecular flexibility index (Phi) is 1.97. The van der Waals surface area contributed by atoms with Crippen molar-refractivity contribution in [2.24, 2.45) is 0 Å². The van der Waals surface area contributed by atoms with Gasteiger partial charge in [-0.15, -0.1) is 5.10 Å². The number of hydrogen-bond donors (Lipinski definition) is 1. The fraction of sp³-hybridized carbons (Fsp3) is 0. The lowest BCUT2D eigenvalue weighted by molar-refractivity contribution is 0.615. The fourth-order valence-corrected chi connectivity index (χ4v) is 1.81. The van der Waals surface area contributed by atoms with E-state index in [0.29, 0.717) is 11.6 Å². The number of hydrogen-bond acceptors (Lipinski definition) is 4. The summed E-state index contributed by atoms with van der Waals surface area (Å²) in [6.07, 6.45) is 5.06. The topological polar surface area (TPSA) is 69.9 Å². The third-order valence-corrected chi connectivity index (χ3v) is 2.88. The highest BCUT2D eigenvalue weighted by Crippen LogP contribution is 2.24. The Morgan fingerprint density at radius 3 is 3.00 bits per heavy atom. The quantitative estimate of drug-likeness (QED) is 0.742. The molecule has 0 aliphatic carbocycles. The summed E-state index contributed by atoms with van der Waals surface area (Å²) in [5.41, 5.74) is 6.44. The molecule has 0 amide bonds. The summed E-state index contributed by atoms with van der Waals surface area (Å²) in [7, 11) is 0. The first kappa shape index (κ1) is 9.41. The Hall–Kier alpha value is -1.82. The van der Waals surface area contributed by atoms with Gasteiger partial charge < -0.3 is 10.2 Å². The molecule has 0 fully saturated rings. The third-order valence-electron chi connectivity index (χ3n) is 2.27.